The molecule has 0 aliphatic carbocycles. The second-order valence-electron chi connectivity index (χ2n) is 7.63. The van der Waals surface area contributed by atoms with Crippen LogP contribution in [0.2, 0.25) is 0 Å². The number of benzene rings is 3. The molecule has 0 saturated heterocycles. The first-order valence-corrected chi connectivity index (χ1v) is 10.7. The number of para-hydroxylation sites is 2. The smallest absolute Gasteiger partial charge is 0.244 e. The molecule has 5 rings (SSSR count). The van der Waals surface area contributed by atoms with Gasteiger partial charge in [0.05, 0.1) is 6.54 Å². The van der Waals surface area contributed by atoms with E-state index in [0.29, 0.717) is 18.0 Å². The van der Waals surface area contributed by atoms with E-state index in [2.05, 4.69) is 45.7 Å². The van der Waals surface area contributed by atoms with E-state index < -0.39 is 0 Å². The van der Waals surface area contributed by atoms with E-state index >= 15 is 0 Å². The average Bonchev–Trinajstić information content (AvgIpc) is 3.51. The molecule has 6 nitrogen and oxygen atoms in total. The Morgan fingerprint density at radius 3 is 2.61 bits per heavy atom. The Morgan fingerprint density at radius 2 is 1.79 bits per heavy atom. The van der Waals surface area contributed by atoms with Gasteiger partial charge in [-0.25, -0.2) is 4.98 Å². The number of fused-ring (bicyclic) bond motifs is 1. The highest BCUT2D eigenvalue weighted by Crippen LogP contribution is 2.24. The first-order chi connectivity index (χ1) is 16.2. The minimum absolute atomic E-state index is 0.207. The number of carbonyl (C=O) groups is 1. The van der Waals surface area contributed by atoms with Crippen LogP contribution in [-0.2, 0) is 17.9 Å². The van der Waals surface area contributed by atoms with Gasteiger partial charge in [-0.15, -0.1) is 0 Å². The molecule has 1 N–H and O–H groups in total. The van der Waals surface area contributed by atoms with E-state index in [1.54, 1.807) is 12.3 Å². The minimum atomic E-state index is -0.207. The molecule has 0 spiro atoms. The van der Waals surface area contributed by atoms with Gasteiger partial charge in [-0.3, -0.25) is 9.48 Å². The van der Waals surface area contributed by atoms with Crippen LogP contribution in [0.3, 0.4) is 0 Å². The summed E-state index contributed by atoms with van der Waals surface area (Å²) in [6, 6.07) is 25.9. The summed E-state index contributed by atoms with van der Waals surface area (Å²) in [7, 11) is 0. The van der Waals surface area contributed by atoms with E-state index in [4.69, 9.17) is 4.42 Å². The van der Waals surface area contributed by atoms with Crippen molar-refractivity contribution in [2.24, 2.45) is 0 Å². The zero-order chi connectivity index (χ0) is 22.5. The van der Waals surface area contributed by atoms with Crippen LogP contribution in [0.4, 0.5) is 0 Å². The van der Waals surface area contributed by atoms with Crippen molar-refractivity contribution in [1.82, 2.24) is 20.1 Å². The third-order valence-electron chi connectivity index (χ3n) is 5.33. The second-order valence-corrected chi connectivity index (χ2v) is 7.63. The Bertz CT molecular complexity index is 1370. The molecular formula is C27H22N4O2. The number of carbonyl (C=O) groups excluding carboxylic acids is 1. The molecule has 1 amide bonds. The average molecular weight is 434 g/mol. The molecule has 0 bridgehead atoms. The molecule has 0 aliphatic rings. The lowest BCUT2D eigenvalue weighted by Gasteiger charge is -2.11. The van der Waals surface area contributed by atoms with Crippen molar-refractivity contribution in [2.45, 2.75) is 13.1 Å². The summed E-state index contributed by atoms with van der Waals surface area (Å²) in [4.78, 5) is 16.7. The molecule has 0 atom stereocenters. The van der Waals surface area contributed by atoms with E-state index in [1.165, 1.54) is 11.6 Å². The van der Waals surface area contributed by atoms with Gasteiger partial charge in [0, 0.05) is 31.1 Å². The molecule has 3 aromatic carbocycles. The second kappa shape index (κ2) is 9.36. The fraction of sp³-hybridized carbons (Fsp3) is 0.0741. The molecule has 5 aromatic rings. The largest absolute Gasteiger partial charge is 0.437 e. The van der Waals surface area contributed by atoms with Crippen LogP contribution in [0.5, 0.6) is 0 Å². The first-order valence-electron chi connectivity index (χ1n) is 10.7. The van der Waals surface area contributed by atoms with Crippen LogP contribution in [0.1, 0.15) is 17.0 Å². The van der Waals surface area contributed by atoms with Crippen molar-refractivity contribution in [3.63, 3.8) is 0 Å². The number of hydrogen-bond acceptors (Lipinski definition) is 4. The predicted molar refractivity (Wildman–Crippen MR) is 128 cm³/mol. The molecule has 33 heavy (non-hydrogen) atoms. The summed E-state index contributed by atoms with van der Waals surface area (Å²) in [5.74, 6) is 0.198. The normalized spacial score (nSPS) is 11.3. The van der Waals surface area contributed by atoms with Crippen LogP contribution in [0.25, 0.3) is 28.3 Å². The van der Waals surface area contributed by atoms with E-state index in [0.717, 1.165) is 28.8 Å². The molecular weight excluding hydrogens is 412 g/mol. The minimum Gasteiger partial charge on any atom is -0.437 e. The predicted octanol–water partition coefficient (Wildman–Crippen LogP) is 5.07. The molecule has 0 unspecified atom stereocenters. The van der Waals surface area contributed by atoms with Gasteiger partial charge in [-0.2, -0.15) is 5.10 Å². The monoisotopic (exact) mass is 434 g/mol. The van der Waals surface area contributed by atoms with Gasteiger partial charge in [-0.1, -0.05) is 60.7 Å². The van der Waals surface area contributed by atoms with Crippen molar-refractivity contribution in [3.8, 4) is 11.1 Å². The Morgan fingerprint density at radius 1 is 0.970 bits per heavy atom. The zero-order valence-corrected chi connectivity index (χ0v) is 17.9. The van der Waals surface area contributed by atoms with Gasteiger partial charge in [0.2, 0.25) is 11.8 Å². The number of rotatable bonds is 7. The van der Waals surface area contributed by atoms with Crippen LogP contribution in [0.15, 0.2) is 102 Å². The van der Waals surface area contributed by atoms with Crippen molar-refractivity contribution >= 4 is 23.1 Å². The third kappa shape index (κ3) is 4.91. The molecule has 2 aromatic heterocycles. The third-order valence-corrected chi connectivity index (χ3v) is 5.33. The fourth-order valence-corrected chi connectivity index (χ4v) is 3.68. The SMILES string of the molecule is O=C(C=Cc1nc2ccccc2o1)NCc1ccccc1-c1ccc(Cn2cccn2)cc1. The molecule has 162 valence electrons. The summed E-state index contributed by atoms with van der Waals surface area (Å²) in [5, 5.41) is 7.20. The van der Waals surface area contributed by atoms with E-state index in [1.807, 2.05) is 59.4 Å². The van der Waals surface area contributed by atoms with Gasteiger partial charge in [0.15, 0.2) is 5.58 Å². The van der Waals surface area contributed by atoms with Gasteiger partial charge in [0.25, 0.3) is 0 Å². The maximum Gasteiger partial charge on any atom is 0.244 e. The summed E-state index contributed by atoms with van der Waals surface area (Å²) >= 11 is 0. The standard InChI is InChI=1S/C27H22N4O2/c32-26(14-15-27-30-24-8-3-4-9-25(24)33-27)28-18-22-6-1-2-7-23(22)21-12-10-20(11-13-21)19-31-17-5-16-29-31/h1-17H,18-19H2,(H,28,32). The Balaban J connectivity index is 1.24. The van der Waals surface area contributed by atoms with E-state index in [9.17, 15) is 4.79 Å². The molecule has 6 heteroatoms. The lowest BCUT2D eigenvalue weighted by atomic mass is 9.98. The van der Waals surface area contributed by atoms with Gasteiger partial charge >= 0.3 is 0 Å². The number of hydrogen-bond donors (Lipinski definition) is 1. The van der Waals surface area contributed by atoms with Crippen molar-refractivity contribution < 1.29 is 9.21 Å². The molecule has 2 heterocycles. The van der Waals surface area contributed by atoms with Crippen LogP contribution >= 0.6 is 0 Å². The lowest BCUT2D eigenvalue weighted by molar-refractivity contribution is -0.116. The first kappa shape index (κ1) is 20.5. The highest BCUT2D eigenvalue weighted by atomic mass is 16.3. The Kier molecular flexibility index (Phi) is 5.80. The maximum atomic E-state index is 12.4. The topological polar surface area (TPSA) is 73.0 Å². The van der Waals surface area contributed by atoms with Crippen LogP contribution < -0.4 is 5.32 Å². The number of amides is 1. The fourth-order valence-electron chi connectivity index (χ4n) is 3.68. The number of nitrogens with zero attached hydrogens (tertiary/aromatic N) is 3. The number of nitrogens with one attached hydrogen (secondary N) is 1. The van der Waals surface area contributed by atoms with E-state index in [-0.39, 0.29) is 5.91 Å². The Hall–Kier alpha value is -4.45. The van der Waals surface area contributed by atoms with Gasteiger partial charge in [-0.05, 0) is 40.5 Å². The summed E-state index contributed by atoms with van der Waals surface area (Å²) in [6.07, 6.45) is 6.75. The highest BCUT2D eigenvalue weighted by Gasteiger charge is 2.07. The Labute approximate surface area is 191 Å². The van der Waals surface area contributed by atoms with Crippen LogP contribution in [-0.4, -0.2) is 20.7 Å². The molecule has 0 saturated carbocycles. The molecule has 0 radical (unpaired) electrons. The van der Waals surface area contributed by atoms with Gasteiger partial charge in [0.1, 0.15) is 5.52 Å². The molecule has 0 aliphatic heterocycles. The van der Waals surface area contributed by atoms with Crippen molar-refractivity contribution in [1.29, 1.82) is 0 Å². The zero-order valence-electron chi connectivity index (χ0n) is 17.9. The maximum absolute atomic E-state index is 12.4. The summed E-state index contributed by atoms with van der Waals surface area (Å²) < 4.78 is 7.51. The van der Waals surface area contributed by atoms with Crippen LogP contribution in [0, 0.1) is 0 Å². The molecule has 0 fully saturated rings. The number of oxazole rings is 1. The lowest BCUT2D eigenvalue weighted by Crippen LogP contribution is -2.20. The highest BCUT2D eigenvalue weighted by molar-refractivity contribution is 5.91. The van der Waals surface area contributed by atoms with Crippen molar-refractivity contribution in [3.05, 3.63) is 114 Å². The quantitative estimate of drug-likeness (QED) is 0.363. The summed E-state index contributed by atoms with van der Waals surface area (Å²) in [5.41, 5.74) is 5.88. The van der Waals surface area contributed by atoms with Gasteiger partial charge < -0.3 is 9.73 Å². The number of aromatic nitrogens is 3. The summed E-state index contributed by atoms with van der Waals surface area (Å²) in [6.45, 7) is 1.15. The van der Waals surface area contributed by atoms with Crippen molar-refractivity contribution in [2.75, 3.05) is 0 Å².